The molecule has 3 heterocycles. The largest absolute Gasteiger partial charge is 0.322 e. The molecular weight excluding hydrogens is 644 g/mol. The van der Waals surface area contributed by atoms with Crippen LogP contribution in [0.3, 0.4) is 0 Å². The number of nitrogens with one attached hydrogen (secondary N) is 2. The lowest BCUT2D eigenvalue weighted by Crippen LogP contribution is -2.54. The standard InChI is InChI=1S/C33H29BrN4O3S2/c1-18-15-22(34)13-14-26(18)38-31(41)25(29(39)36-33(38)42)17-21-16-19(2)37(20(21)3)32-28(24-11-7-8-12-27(24)43-32)30(40)35-23-9-5-4-6-10-23/h4-6,9-10,13-17H,7-8,11-12H2,1-3H3,(H,35,40)(H,36,39,42)/b25-17-. The highest BCUT2D eigenvalue weighted by molar-refractivity contribution is 9.10. The average Bonchev–Trinajstić information content (AvgIpc) is 3.48. The molecule has 2 aromatic heterocycles. The maximum absolute atomic E-state index is 13.8. The Balaban J connectivity index is 1.42. The topological polar surface area (TPSA) is 83.4 Å². The van der Waals surface area contributed by atoms with E-state index >= 15 is 0 Å². The quantitative estimate of drug-likeness (QED) is 0.134. The number of halogens is 1. The van der Waals surface area contributed by atoms with Crippen molar-refractivity contribution in [3.8, 4) is 5.00 Å². The maximum Gasteiger partial charge on any atom is 0.270 e. The lowest BCUT2D eigenvalue weighted by molar-refractivity contribution is -0.122. The van der Waals surface area contributed by atoms with Gasteiger partial charge in [-0.05, 0) is 118 Å². The fraction of sp³-hybridized carbons (Fsp3) is 0.212. The highest BCUT2D eigenvalue weighted by atomic mass is 79.9. The summed E-state index contributed by atoms with van der Waals surface area (Å²) < 4.78 is 2.95. The lowest BCUT2D eigenvalue weighted by atomic mass is 9.95. The van der Waals surface area contributed by atoms with Gasteiger partial charge in [-0.2, -0.15) is 0 Å². The Labute approximate surface area is 267 Å². The van der Waals surface area contributed by atoms with Gasteiger partial charge in [0.15, 0.2) is 5.11 Å². The van der Waals surface area contributed by atoms with E-state index in [2.05, 4.69) is 31.1 Å². The predicted octanol–water partition coefficient (Wildman–Crippen LogP) is 7.19. The van der Waals surface area contributed by atoms with Crippen LogP contribution in [0, 0.1) is 20.8 Å². The number of amides is 3. The summed E-state index contributed by atoms with van der Waals surface area (Å²) in [5.41, 5.74) is 6.43. The van der Waals surface area contributed by atoms with E-state index in [4.69, 9.17) is 12.2 Å². The molecule has 0 atom stereocenters. The number of aromatic nitrogens is 1. The van der Waals surface area contributed by atoms with Gasteiger partial charge < -0.3 is 9.88 Å². The minimum Gasteiger partial charge on any atom is -0.322 e. The number of hydrogen-bond acceptors (Lipinski definition) is 5. The summed E-state index contributed by atoms with van der Waals surface area (Å²) in [6.07, 6.45) is 5.57. The van der Waals surface area contributed by atoms with Crippen LogP contribution in [0.4, 0.5) is 11.4 Å². The monoisotopic (exact) mass is 672 g/mol. The molecule has 2 N–H and O–H groups in total. The average molecular weight is 674 g/mol. The summed E-state index contributed by atoms with van der Waals surface area (Å²) in [5.74, 6) is -1.16. The van der Waals surface area contributed by atoms with E-state index in [-0.39, 0.29) is 16.6 Å². The summed E-state index contributed by atoms with van der Waals surface area (Å²) in [5, 5.41) is 6.66. The molecule has 4 aromatic rings. The second-order valence-corrected chi connectivity index (χ2v) is 13.1. The van der Waals surface area contributed by atoms with E-state index in [0.717, 1.165) is 68.9 Å². The Kier molecular flexibility index (Phi) is 7.93. The molecular formula is C33H29BrN4O3S2. The molecule has 2 aliphatic rings. The fourth-order valence-corrected chi connectivity index (χ4v) is 8.05. The van der Waals surface area contributed by atoms with Crippen molar-refractivity contribution >= 4 is 79.8 Å². The zero-order valence-electron chi connectivity index (χ0n) is 23.9. The Hall–Kier alpha value is -3.86. The van der Waals surface area contributed by atoms with Gasteiger partial charge >= 0.3 is 0 Å². The normalized spacial score (nSPS) is 16.0. The minimum atomic E-state index is -0.541. The van der Waals surface area contributed by atoms with E-state index in [9.17, 15) is 14.4 Å². The smallest absolute Gasteiger partial charge is 0.270 e. The molecule has 0 spiro atoms. The predicted molar refractivity (Wildman–Crippen MR) is 179 cm³/mol. The van der Waals surface area contributed by atoms with Crippen LogP contribution in [-0.2, 0) is 22.4 Å². The molecule has 0 radical (unpaired) electrons. The van der Waals surface area contributed by atoms with E-state index in [0.29, 0.717) is 11.3 Å². The van der Waals surface area contributed by atoms with Crippen LogP contribution in [-0.4, -0.2) is 27.4 Å². The van der Waals surface area contributed by atoms with Gasteiger partial charge in [-0.3, -0.25) is 24.6 Å². The minimum absolute atomic E-state index is 0.0105. The molecule has 10 heteroatoms. The first-order chi connectivity index (χ1) is 20.6. The van der Waals surface area contributed by atoms with Crippen LogP contribution in [0.1, 0.15) is 56.2 Å². The van der Waals surface area contributed by atoms with Crippen LogP contribution in [0.2, 0.25) is 0 Å². The number of aryl methyl sites for hydroxylation is 3. The van der Waals surface area contributed by atoms with Crippen molar-refractivity contribution in [3.05, 3.63) is 103 Å². The van der Waals surface area contributed by atoms with Crippen LogP contribution in [0.15, 0.2) is 64.6 Å². The Morgan fingerprint density at radius 2 is 1.79 bits per heavy atom. The molecule has 1 aliphatic carbocycles. The third kappa shape index (κ3) is 5.39. The van der Waals surface area contributed by atoms with Crippen LogP contribution < -0.4 is 15.5 Å². The summed E-state index contributed by atoms with van der Waals surface area (Å²) in [7, 11) is 0. The summed E-state index contributed by atoms with van der Waals surface area (Å²) >= 11 is 10.5. The lowest BCUT2D eigenvalue weighted by Gasteiger charge is -2.30. The van der Waals surface area contributed by atoms with Gasteiger partial charge in [-0.15, -0.1) is 11.3 Å². The van der Waals surface area contributed by atoms with Crippen molar-refractivity contribution in [1.29, 1.82) is 0 Å². The third-order valence-electron chi connectivity index (χ3n) is 7.89. The molecule has 1 aliphatic heterocycles. The van der Waals surface area contributed by atoms with Crippen molar-refractivity contribution in [2.75, 3.05) is 10.2 Å². The highest BCUT2D eigenvalue weighted by Crippen LogP contribution is 2.39. The number of nitrogens with zero attached hydrogens (tertiary/aromatic N) is 2. The van der Waals surface area contributed by atoms with Crippen LogP contribution in [0.25, 0.3) is 11.1 Å². The third-order valence-corrected chi connectivity index (χ3v) is 9.94. The van der Waals surface area contributed by atoms with Gasteiger partial charge in [0.2, 0.25) is 0 Å². The number of benzene rings is 2. The number of thiocarbonyl (C=S) groups is 1. The van der Waals surface area contributed by atoms with Gasteiger partial charge in [-0.1, -0.05) is 34.1 Å². The SMILES string of the molecule is Cc1cc(Br)ccc1N1C(=O)/C(=C\c2cc(C)n(-c3sc4c(c3C(=O)Nc3ccccc3)CCCC4)c2C)C(=O)NC1=S. The number of fused-ring (bicyclic) bond motifs is 1. The number of rotatable bonds is 5. The van der Waals surface area contributed by atoms with Crippen LogP contribution in [0.5, 0.6) is 0 Å². The summed E-state index contributed by atoms with van der Waals surface area (Å²) in [6, 6.07) is 16.9. The fourth-order valence-electron chi connectivity index (χ4n) is 5.81. The van der Waals surface area contributed by atoms with Gasteiger partial charge in [0, 0.05) is 26.4 Å². The first-order valence-electron chi connectivity index (χ1n) is 14.0. The Morgan fingerprint density at radius 3 is 2.53 bits per heavy atom. The maximum atomic E-state index is 13.8. The van der Waals surface area contributed by atoms with E-state index in [1.165, 1.54) is 9.78 Å². The molecule has 0 bridgehead atoms. The summed E-state index contributed by atoms with van der Waals surface area (Å²) in [6.45, 7) is 5.81. The molecule has 0 saturated carbocycles. The van der Waals surface area contributed by atoms with Crippen LogP contribution >= 0.6 is 39.5 Å². The highest BCUT2D eigenvalue weighted by Gasteiger charge is 2.36. The van der Waals surface area contributed by atoms with E-state index in [1.54, 1.807) is 23.5 Å². The van der Waals surface area contributed by atoms with E-state index < -0.39 is 11.8 Å². The molecule has 1 saturated heterocycles. The molecule has 0 unspecified atom stereocenters. The second-order valence-electron chi connectivity index (χ2n) is 10.8. The van der Waals surface area contributed by atoms with Gasteiger partial charge in [0.1, 0.15) is 10.6 Å². The van der Waals surface area contributed by atoms with Crippen molar-refractivity contribution < 1.29 is 14.4 Å². The zero-order chi connectivity index (χ0) is 30.4. The van der Waals surface area contributed by atoms with Gasteiger partial charge in [-0.25, -0.2) is 0 Å². The number of hydrogen-bond donors (Lipinski definition) is 2. The molecule has 1 fully saturated rings. The molecule has 43 heavy (non-hydrogen) atoms. The first-order valence-corrected chi connectivity index (χ1v) is 16.0. The molecule has 7 nitrogen and oxygen atoms in total. The van der Waals surface area contributed by atoms with Crippen molar-refractivity contribution in [2.24, 2.45) is 0 Å². The second kappa shape index (κ2) is 11.7. The number of anilines is 2. The van der Waals surface area contributed by atoms with Crippen molar-refractivity contribution in [1.82, 2.24) is 9.88 Å². The number of carbonyl (C=O) groups excluding carboxylic acids is 3. The zero-order valence-corrected chi connectivity index (χ0v) is 27.1. The molecule has 6 rings (SSSR count). The van der Waals surface area contributed by atoms with Crippen molar-refractivity contribution in [3.63, 3.8) is 0 Å². The molecule has 218 valence electrons. The van der Waals surface area contributed by atoms with Crippen molar-refractivity contribution in [2.45, 2.75) is 46.5 Å². The number of carbonyl (C=O) groups is 3. The van der Waals surface area contributed by atoms with E-state index in [1.807, 2.05) is 69.3 Å². The number of thiophene rings is 1. The Bertz CT molecular complexity index is 1860. The van der Waals surface area contributed by atoms with Gasteiger partial charge in [0.25, 0.3) is 17.7 Å². The van der Waals surface area contributed by atoms with Gasteiger partial charge in [0.05, 0.1) is 11.3 Å². The molecule has 2 aromatic carbocycles. The first kappa shape index (κ1) is 29.2. The molecule has 3 amide bonds. The Morgan fingerprint density at radius 1 is 1.05 bits per heavy atom. The number of para-hydroxylation sites is 1. The summed E-state index contributed by atoms with van der Waals surface area (Å²) in [4.78, 5) is 43.2.